The van der Waals surface area contributed by atoms with Crippen LogP contribution in [-0.4, -0.2) is 81.5 Å². The summed E-state index contributed by atoms with van der Waals surface area (Å²) >= 11 is 26.0. The van der Waals surface area contributed by atoms with Gasteiger partial charge in [0.15, 0.2) is 0 Å². The van der Waals surface area contributed by atoms with E-state index >= 15 is 0 Å². The normalized spacial score (nSPS) is 11.0. The van der Waals surface area contributed by atoms with Gasteiger partial charge < -0.3 is 52.5 Å². The summed E-state index contributed by atoms with van der Waals surface area (Å²) in [5.41, 5.74) is 22.6. The fraction of sp³-hybridized carbons (Fsp3) is 0.0256. The van der Waals surface area contributed by atoms with Crippen LogP contribution in [0.3, 0.4) is 0 Å². The quantitative estimate of drug-likeness (QED) is 0.0590. The molecule has 682 valence electrons. The van der Waals surface area contributed by atoms with E-state index in [9.17, 15) is 20.1 Å². The molecule has 139 heavy (non-hydrogen) atoms. The van der Waals surface area contributed by atoms with E-state index in [2.05, 4.69) is 536 Å². The minimum atomic E-state index is -1.59. The fourth-order valence-electron chi connectivity index (χ4n) is 18.9. The van der Waals surface area contributed by atoms with Crippen LogP contribution in [0.15, 0.2) is 459 Å². The Hall–Kier alpha value is -10.9. The molecule has 0 saturated carbocycles. The average molecular weight is 2580 g/mol. The molecule has 0 spiro atoms. The third-order valence-electron chi connectivity index (χ3n) is 24.4. The lowest BCUT2D eigenvalue weighted by molar-refractivity contribution is 0.424. The first-order chi connectivity index (χ1) is 68.1. The number of hydrogen-bond donors (Lipinski definition) is 5. The van der Waals surface area contributed by atoms with Gasteiger partial charge in [-0.05, 0) is 224 Å². The first-order valence-electron chi connectivity index (χ1n) is 44.5. The van der Waals surface area contributed by atoms with E-state index in [0.717, 1.165) is 144 Å². The highest BCUT2D eigenvalue weighted by molar-refractivity contribution is 14.1. The molecule has 0 radical (unpaired) electrons. The van der Waals surface area contributed by atoms with Crippen molar-refractivity contribution < 1.29 is 20.1 Å². The maximum atomic E-state index is 10.3. The van der Waals surface area contributed by atoms with Gasteiger partial charge in [0.2, 0.25) is 0 Å². The average Bonchev–Trinajstić information content (AvgIpc) is 1.59. The molecule has 0 saturated heterocycles. The number of H-pyrrole nitrogens is 1. The third kappa shape index (κ3) is 20.3. The monoisotopic (exact) mass is 2580 g/mol. The Bertz CT molecular complexity index is 7870. The van der Waals surface area contributed by atoms with Gasteiger partial charge in [0.25, 0.3) is 0 Å². The molecule has 0 aliphatic carbocycles. The van der Waals surface area contributed by atoms with Gasteiger partial charge in [-0.15, -0.1) is 0 Å². The van der Waals surface area contributed by atoms with Crippen LogP contribution >= 0.6 is 170 Å². The van der Waals surface area contributed by atoms with E-state index in [-0.39, 0.29) is 0 Å². The second kappa shape index (κ2) is 44.9. The number of hydrogen-bond acceptors (Lipinski definition) is 4. The minimum Gasteiger partial charge on any atom is -0.423 e. The highest BCUT2D eigenvalue weighted by Gasteiger charge is 2.25. The lowest BCUT2D eigenvalue weighted by atomic mass is 9.79. The Morgan fingerprint density at radius 3 is 0.540 bits per heavy atom. The van der Waals surface area contributed by atoms with Crippen LogP contribution in [0.2, 0.25) is 0 Å². The molecule has 5 N–H and O–H groups in total. The number of aromatic amines is 1. The molecule has 7 aromatic heterocycles. The SMILES string of the molecule is Brc1cc(-n2c3ccccc3c3ccccc32)cc(-n2c3ccccc3c3ccccc32)c1.Brc1cc(Br)cc(Br)c1.Brc1cccc(I)c1.CI.CI.CI.OB(O)c1cc(-n2c3ccccc3c3ccccc32)cc(-n2c3ccccc3c3ccccc32)c1.OB(O)c1cc(-n2c3ccccc3c3ccccc32)cc(-n2c3ccccc3c3ccccc32)c1.c1ccc2c(c1)[nH]c1ccccc12. The number of para-hydroxylation sites is 14. The molecule has 11 nitrogen and oxygen atoms in total. The van der Waals surface area contributed by atoms with Gasteiger partial charge in [-0.2, -0.15) is 0 Å². The van der Waals surface area contributed by atoms with E-state index < -0.39 is 14.2 Å². The Morgan fingerprint density at radius 1 is 0.187 bits per heavy atom. The summed E-state index contributed by atoms with van der Waals surface area (Å²) in [7, 11) is -3.18. The molecule has 0 atom stereocenters. The summed E-state index contributed by atoms with van der Waals surface area (Å²) < 4.78 is 20.2. The predicted octanol–water partition coefficient (Wildman–Crippen LogP) is 33.3. The van der Waals surface area contributed by atoms with Crippen LogP contribution in [0.4, 0.5) is 0 Å². The molecule has 0 aliphatic rings. The summed E-state index contributed by atoms with van der Waals surface area (Å²) in [5.74, 6) is 0. The van der Waals surface area contributed by atoms with Gasteiger partial charge in [-0.3, -0.25) is 0 Å². The standard InChI is InChI=1S/2C30H21BN2O2.C30H19BrN2.C12H9N.C6H3Br3.C6H4BrI.3CH3I/c2*34-31(35)20-17-21(32-27-13-5-1-9-23(27)24-10-2-6-14-28(24)32)19-22(18-20)33-29-15-7-3-11-25(29)26-12-4-8-16-30(26)33;31-20-17-21(32-27-13-5-1-9-23(27)24-10-2-6-14-28(24)32)19-22(18-20)33-29-15-7-3-11-25(29)26-12-4-8-16-30(26)33;1-3-7-11-9(5-1)10-6-2-4-8-12(10)13-11;7-4-1-5(8)3-6(9)2-4;7-5-2-1-3-6(8)4-5;3*1-2/h2*1-19,34-35H;1-19H;1-8,13H;1-3H;1-4H;3*1H3. The molecule has 26 aromatic rings. The van der Waals surface area contributed by atoms with E-state index in [1.807, 2.05) is 118 Å². The molecule has 0 bridgehead atoms. The molecule has 26 rings (SSSR count). The molecular weight excluding hydrogens is 2500 g/mol. The molecule has 0 amide bonds. The van der Waals surface area contributed by atoms with Gasteiger partial charge >= 0.3 is 14.2 Å². The fourth-order valence-corrected chi connectivity index (χ4v) is 23.1. The number of fused-ring (bicyclic) bond motifs is 21. The third-order valence-corrected chi connectivity index (χ3v) is 27.4. The van der Waals surface area contributed by atoms with E-state index in [0.29, 0.717) is 10.9 Å². The van der Waals surface area contributed by atoms with E-state index in [4.69, 9.17) is 0 Å². The van der Waals surface area contributed by atoms with Crippen LogP contribution in [0.25, 0.3) is 187 Å². The first-order valence-corrected chi connectivity index (χ1v) is 56.0. The van der Waals surface area contributed by atoms with Gasteiger partial charge in [0, 0.05) is 146 Å². The highest BCUT2D eigenvalue weighted by Crippen LogP contribution is 2.42. The summed E-state index contributed by atoms with van der Waals surface area (Å²) in [4.78, 5) is 9.29. The Kier molecular flexibility index (Phi) is 31.7. The van der Waals surface area contributed by atoms with Crippen molar-refractivity contribution in [2.24, 2.45) is 0 Å². The highest BCUT2D eigenvalue weighted by atomic mass is 127. The van der Waals surface area contributed by atoms with Gasteiger partial charge in [-0.1, -0.05) is 408 Å². The maximum Gasteiger partial charge on any atom is 0.488 e. The molecule has 0 aliphatic heterocycles. The second-order valence-corrected chi connectivity index (χ2v) is 38.3. The number of alkyl halides is 3. The van der Waals surface area contributed by atoms with Crippen LogP contribution in [0.5, 0.6) is 0 Å². The molecular formula is C117H86B2Br5I4N7O4. The largest absolute Gasteiger partial charge is 0.488 e. The number of halogens is 9. The summed E-state index contributed by atoms with van der Waals surface area (Å²) in [6.07, 6.45) is 0. The van der Waals surface area contributed by atoms with Crippen molar-refractivity contribution in [2.45, 2.75) is 0 Å². The van der Waals surface area contributed by atoms with Crippen molar-refractivity contribution in [3.63, 3.8) is 0 Å². The van der Waals surface area contributed by atoms with Crippen LogP contribution in [0.1, 0.15) is 0 Å². The molecule has 0 unspecified atom stereocenters. The topological polar surface area (TPSA) is 126 Å². The summed E-state index contributed by atoms with van der Waals surface area (Å²) in [5, 5.41) is 58.0. The Balaban J connectivity index is 0.000000117. The van der Waals surface area contributed by atoms with E-state index in [1.54, 1.807) is 0 Å². The Morgan fingerprint density at radius 2 is 0.360 bits per heavy atom. The van der Waals surface area contributed by atoms with Crippen molar-refractivity contribution in [3.05, 3.63) is 463 Å². The number of aromatic nitrogens is 7. The lowest BCUT2D eigenvalue weighted by Gasteiger charge is -2.15. The van der Waals surface area contributed by atoms with Crippen LogP contribution in [-0.2, 0) is 0 Å². The minimum absolute atomic E-state index is 0.446. The summed E-state index contributed by atoms with van der Waals surface area (Å²) in [6, 6.07) is 151. The molecule has 7 heterocycles. The number of rotatable bonds is 8. The first kappa shape index (κ1) is 98.3. The summed E-state index contributed by atoms with van der Waals surface area (Å²) in [6.45, 7) is 0. The number of nitrogens with one attached hydrogen (secondary N) is 1. The van der Waals surface area contributed by atoms with Crippen molar-refractivity contribution in [1.29, 1.82) is 0 Å². The van der Waals surface area contributed by atoms with Gasteiger partial charge in [0.05, 0.1) is 66.2 Å². The zero-order valence-corrected chi connectivity index (χ0v) is 91.7. The van der Waals surface area contributed by atoms with Crippen LogP contribution in [0, 0.1) is 3.57 Å². The maximum absolute atomic E-state index is 10.3. The zero-order chi connectivity index (χ0) is 96.5. The zero-order valence-electron chi connectivity index (χ0n) is 75.1. The molecule has 22 heteroatoms. The van der Waals surface area contributed by atoms with Gasteiger partial charge in [0.1, 0.15) is 0 Å². The van der Waals surface area contributed by atoms with Gasteiger partial charge in [-0.25, -0.2) is 0 Å². The second-order valence-electron chi connectivity index (χ2n) is 32.4. The van der Waals surface area contributed by atoms with Crippen molar-refractivity contribution in [2.75, 3.05) is 14.8 Å². The van der Waals surface area contributed by atoms with Crippen molar-refractivity contribution in [1.82, 2.24) is 32.4 Å². The smallest absolute Gasteiger partial charge is 0.423 e. The Labute approximate surface area is 901 Å². The molecule has 19 aromatic carbocycles. The van der Waals surface area contributed by atoms with E-state index in [1.165, 1.54) is 69.0 Å². The van der Waals surface area contributed by atoms with Crippen molar-refractivity contribution >= 4 is 348 Å². The lowest BCUT2D eigenvalue weighted by Crippen LogP contribution is -2.30. The molecule has 0 fully saturated rings. The van der Waals surface area contributed by atoms with Crippen LogP contribution < -0.4 is 10.9 Å². The number of benzene rings is 19. The van der Waals surface area contributed by atoms with Crippen molar-refractivity contribution in [3.8, 4) is 34.1 Å². The predicted molar refractivity (Wildman–Crippen MR) is 645 cm³/mol. The number of nitrogens with zero attached hydrogens (tertiary/aromatic N) is 6.